The highest BCUT2D eigenvalue weighted by atomic mass is 31.1. The fourth-order valence-electron chi connectivity index (χ4n) is 6.82. The van der Waals surface area contributed by atoms with E-state index in [1.165, 1.54) is 10.8 Å². The second-order valence-electron chi connectivity index (χ2n) is 13.1. The molecule has 14 heteroatoms. The van der Waals surface area contributed by atoms with E-state index in [1.807, 2.05) is 93.6 Å². The van der Waals surface area contributed by atoms with Gasteiger partial charge in [-0.3, -0.25) is 18.9 Å². The largest absolute Gasteiger partial charge is 0.497 e. The molecule has 1 unspecified atom stereocenters. The third-order valence-electron chi connectivity index (χ3n) is 9.63. The number of rotatable bonds is 14. The van der Waals surface area contributed by atoms with E-state index in [0.29, 0.717) is 18.4 Å². The van der Waals surface area contributed by atoms with Crippen LogP contribution in [0.3, 0.4) is 0 Å². The molecule has 0 aliphatic carbocycles. The lowest BCUT2D eigenvalue weighted by Crippen LogP contribution is -2.38. The maximum Gasteiger partial charge on any atom is 0.330 e. The molecule has 2 aliphatic rings. The number of aryl methyl sites for hydroxylation is 1. The van der Waals surface area contributed by atoms with Gasteiger partial charge >= 0.3 is 13.9 Å². The summed E-state index contributed by atoms with van der Waals surface area (Å²) in [5, 5.41) is 0. The first kappa shape index (κ1) is 36.8. The molecule has 2 saturated heterocycles. The minimum atomic E-state index is -2.97. The molecule has 270 valence electrons. The van der Waals surface area contributed by atoms with Crippen LogP contribution in [0.4, 0.5) is 0 Å². The molecule has 7 atom stereocenters. The van der Waals surface area contributed by atoms with Gasteiger partial charge in [0.25, 0.3) is 5.56 Å². The van der Waals surface area contributed by atoms with E-state index in [4.69, 9.17) is 32.7 Å². The van der Waals surface area contributed by atoms with Gasteiger partial charge in [-0.15, -0.1) is 0 Å². The highest BCUT2D eigenvalue weighted by molar-refractivity contribution is 7.33. The summed E-state index contributed by atoms with van der Waals surface area (Å²) in [5.41, 5.74) is 1.04. The van der Waals surface area contributed by atoms with Gasteiger partial charge in [0, 0.05) is 17.8 Å². The smallest absolute Gasteiger partial charge is 0.330 e. The molecule has 0 bridgehead atoms. The number of ether oxygens (including phenoxy) is 5. The summed E-state index contributed by atoms with van der Waals surface area (Å²) in [5.74, 6) is 1.44. The van der Waals surface area contributed by atoms with Crippen molar-refractivity contribution in [1.82, 2.24) is 9.55 Å². The average molecular weight is 719 g/mol. The van der Waals surface area contributed by atoms with Crippen LogP contribution in [0.1, 0.15) is 48.2 Å². The average Bonchev–Trinajstić information content (AvgIpc) is 3.69. The first-order chi connectivity index (χ1) is 24.6. The van der Waals surface area contributed by atoms with Crippen molar-refractivity contribution in [3.8, 4) is 11.5 Å². The van der Waals surface area contributed by atoms with Crippen LogP contribution in [-0.2, 0) is 33.4 Å². The van der Waals surface area contributed by atoms with Crippen molar-refractivity contribution >= 4 is 16.1 Å². The molecule has 0 radical (unpaired) electrons. The maximum atomic E-state index is 13.3. The van der Waals surface area contributed by atoms with E-state index < -0.39 is 49.6 Å². The summed E-state index contributed by atoms with van der Waals surface area (Å²) in [6.07, 6.45) is 0.427. The van der Waals surface area contributed by atoms with Gasteiger partial charge in [0.05, 0.1) is 39.6 Å². The maximum absolute atomic E-state index is 13.3. The fourth-order valence-corrected chi connectivity index (χ4v) is 7.69. The standard InChI is InChI=1S/C37H44BN2O10P/c1-23-18-34(40-20-24(2)35(41)39-36(40)42)49-31(23)22-47-51(43)50-30-19-33(38)48-32(30)21-46-37(25-8-6-5-7-9-25,26-10-14-28(44-3)15-11-26)27-12-16-29(45-4)17-13-27/h5-17,20,23,30-34,51H,18-19,21-22,38H2,1-4H3,(H,39,41,42)/t23-,30-,31-,32-,33-,34-/m1/s1. The van der Waals surface area contributed by atoms with E-state index in [1.54, 1.807) is 21.1 Å². The van der Waals surface area contributed by atoms with Crippen molar-refractivity contribution in [2.45, 2.75) is 62.8 Å². The minimum Gasteiger partial charge on any atom is -0.497 e. The molecule has 2 aliphatic heterocycles. The predicted octanol–water partition coefficient (Wildman–Crippen LogP) is 4.33. The lowest BCUT2D eigenvalue weighted by molar-refractivity contribution is -0.0716. The number of nitrogens with zero attached hydrogens (tertiary/aromatic N) is 1. The van der Waals surface area contributed by atoms with Crippen LogP contribution in [0.25, 0.3) is 0 Å². The van der Waals surface area contributed by atoms with Crippen LogP contribution in [0.5, 0.6) is 11.5 Å². The third kappa shape index (κ3) is 8.09. The molecule has 51 heavy (non-hydrogen) atoms. The van der Waals surface area contributed by atoms with Gasteiger partial charge < -0.3 is 32.7 Å². The molecule has 1 aromatic heterocycles. The zero-order valence-corrected chi connectivity index (χ0v) is 30.4. The van der Waals surface area contributed by atoms with Crippen molar-refractivity contribution in [2.24, 2.45) is 5.92 Å². The number of aromatic amines is 1. The van der Waals surface area contributed by atoms with Gasteiger partial charge in [-0.05, 0) is 66.6 Å². The van der Waals surface area contributed by atoms with Gasteiger partial charge in [-0.2, -0.15) is 0 Å². The molecule has 2 fully saturated rings. The van der Waals surface area contributed by atoms with Gasteiger partial charge in [0.1, 0.15) is 37.3 Å². The van der Waals surface area contributed by atoms with Crippen LogP contribution >= 0.6 is 8.25 Å². The van der Waals surface area contributed by atoms with E-state index in [9.17, 15) is 14.2 Å². The molecular weight excluding hydrogens is 674 g/mol. The number of methoxy groups -OCH3 is 2. The van der Waals surface area contributed by atoms with Crippen molar-refractivity contribution in [2.75, 3.05) is 27.4 Å². The first-order valence-electron chi connectivity index (χ1n) is 17.1. The van der Waals surface area contributed by atoms with Gasteiger partial charge in [-0.25, -0.2) is 4.79 Å². The number of nitrogens with one attached hydrogen (secondary N) is 1. The van der Waals surface area contributed by atoms with Crippen molar-refractivity contribution in [3.63, 3.8) is 0 Å². The monoisotopic (exact) mass is 718 g/mol. The Morgan fingerprint density at radius 2 is 1.47 bits per heavy atom. The second-order valence-corrected chi connectivity index (χ2v) is 14.1. The molecule has 0 spiro atoms. The van der Waals surface area contributed by atoms with Gasteiger partial charge in [0.2, 0.25) is 0 Å². The Bertz CT molecular complexity index is 1860. The zero-order chi connectivity index (χ0) is 36.1. The summed E-state index contributed by atoms with van der Waals surface area (Å²) < 4.78 is 56.7. The first-order valence-corrected chi connectivity index (χ1v) is 18.3. The molecule has 4 aromatic rings. The fraction of sp³-hybridized carbons (Fsp3) is 0.405. The number of benzene rings is 3. The third-order valence-corrected chi connectivity index (χ3v) is 10.5. The van der Waals surface area contributed by atoms with Gasteiger partial charge in [-0.1, -0.05) is 61.5 Å². The molecule has 12 nitrogen and oxygen atoms in total. The highest BCUT2D eigenvalue weighted by Gasteiger charge is 2.42. The van der Waals surface area contributed by atoms with Crippen LogP contribution in [-0.4, -0.2) is 69.1 Å². The van der Waals surface area contributed by atoms with Crippen LogP contribution < -0.4 is 20.7 Å². The summed E-state index contributed by atoms with van der Waals surface area (Å²) in [4.78, 5) is 26.6. The number of hydrogen-bond donors (Lipinski definition) is 1. The Labute approximate surface area is 298 Å². The Hall–Kier alpha value is -3.97. The van der Waals surface area contributed by atoms with E-state index in [0.717, 1.165) is 28.2 Å². The molecule has 1 N–H and O–H groups in total. The van der Waals surface area contributed by atoms with E-state index in [-0.39, 0.29) is 25.1 Å². The lowest BCUT2D eigenvalue weighted by atomic mass is 9.80. The van der Waals surface area contributed by atoms with Crippen molar-refractivity contribution in [3.05, 3.63) is 128 Å². The predicted molar refractivity (Wildman–Crippen MR) is 194 cm³/mol. The molecule has 0 saturated carbocycles. The summed E-state index contributed by atoms with van der Waals surface area (Å²) in [6, 6.07) is 25.4. The van der Waals surface area contributed by atoms with E-state index in [2.05, 4.69) is 4.98 Å². The molecule has 3 heterocycles. The number of H-pyrrole nitrogens is 1. The summed E-state index contributed by atoms with van der Waals surface area (Å²) >= 11 is 0. The van der Waals surface area contributed by atoms with Crippen molar-refractivity contribution in [1.29, 1.82) is 0 Å². The van der Waals surface area contributed by atoms with E-state index >= 15 is 0 Å². The topological polar surface area (TPSA) is 137 Å². The van der Waals surface area contributed by atoms with Crippen LogP contribution in [0.2, 0.25) is 0 Å². The van der Waals surface area contributed by atoms with Gasteiger partial charge in [0.15, 0.2) is 0 Å². The Balaban J connectivity index is 1.18. The normalized spacial score (nSPS) is 24.0. The Morgan fingerprint density at radius 1 is 0.863 bits per heavy atom. The lowest BCUT2D eigenvalue weighted by Gasteiger charge is -2.37. The quantitative estimate of drug-likeness (QED) is 0.114. The number of aromatic nitrogens is 2. The highest BCUT2D eigenvalue weighted by Crippen LogP contribution is 2.43. The van der Waals surface area contributed by atoms with Crippen LogP contribution in [0, 0.1) is 12.8 Å². The Morgan fingerprint density at radius 3 is 2.08 bits per heavy atom. The van der Waals surface area contributed by atoms with Crippen molar-refractivity contribution < 1.29 is 37.3 Å². The van der Waals surface area contributed by atoms with Crippen LogP contribution in [0.15, 0.2) is 94.6 Å². The molecule has 3 aromatic carbocycles. The molecular formula is C37H44BN2O10P. The Kier molecular flexibility index (Phi) is 11.7. The summed E-state index contributed by atoms with van der Waals surface area (Å²) in [6.45, 7) is 3.74. The number of hydrogen-bond acceptors (Lipinski definition) is 10. The minimum absolute atomic E-state index is 0.00179. The second kappa shape index (κ2) is 16.1. The molecule has 6 rings (SSSR count). The SMILES string of the molecule is B[C@H]1C[C@@H](O[PH](=O)OC[C@H]2O[C@@H](n3cc(C)c(=O)[nH]c3=O)C[C@H]2C)[C@@H](COC(c2ccccc2)(c2ccc(OC)cc2)c2ccc(OC)cc2)O1. The zero-order valence-electron chi connectivity index (χ0n) is 29.4. The molecule has 0 amide bonds. The summed E-state index contributed by atoms with van der Waals surface area (Å²) in [7, 11) is 2.23.